The van der Waals surface area contributed by atoms with Crippen molar-refractivity contribution in [2.45, 2.75) is 6.54 Å². The van der Waals surface area contributed by atoms with Gasteiger partial charge in [0, 0.05) is 37.5 Å². The van der Waals surface area contributed by atoms with Gasteiger partial charge in [-0.1, -0.05) is 30.0 Å². The summed E-state index contributed by atoms with van der Waals surface area (Å²) >= 11 is 0. The Bertz CT molecular complexity index is 713. The SMILES string of the molecule is CN1CCN(Cc2ccc(C#Cc3ccccc3)cn2)C1=O. The fourth-order valence-electron chi connectivity index (χ4n) is 2.30. The molecule has 0 radical (unpaired) electrons. The molecule has 3 rings (SSSR count). The number of pyridine rings is 1. The fourth-order valence-corrected chi connectivity index (χ4v) is 2.30. The van der Waals surface area contributed by atoms with Crippen LogP contribution >= 0.6 is 0 Å². The molecule has 0 unspecified atom stereocenters. The Balaban J connectivity index is 1.66. The van der Waals surface area contributed by atoms with Crippen LogP contribution in [0.25, 0.3) is 0 Å². The molecule has 1 aliphatic rings. The van der Waals surface area contributed by atoms with Crippen LogP contribution in [0.3, 0.4) is 0 Å². The standard InChI is InChI=1S/C18H17N3O/c1-20-11-12-21(18(20)22)14-17-10-9-16(13-19-17)8-7-15-5-3-2-4-6-15/h2-6,9-10,13H,11-12,14H2,1H3. The zero-order chi connectivity index (χ0) is 15.4. The van der Waals surface area contributed by atoms with Crippen molar-refractivity contribution in [3.8, 4) is 11.8 Å². The summed E-state index contributed by atoms with van der Waals surface area (Å²) in [5.74, 6) is 6.20. The predicted molar refractivity (Wildman–Crippen MR) is 85.1 cm³/mol. The van der Waals surface area contributed by atoms with Crippen molar-refractivity contribution in [3.63, 3.8) is 0 Å². The number of hydrogen-bond donors (Lipinski definition) is 0. The monoisotopic (exact) mass is 291 g/mol. The third-order valence-corrected chi connectivity index (χ3v) is 3.60. The number of likely N-dealkylation sites (N-methyl/N-ethyl adjacent to an activating group) is 1. The van der Waals surface area contributed by atoms with Gasteiger partial charge in [-0.05, 0) is 24.3 Å². The molecular weight excluding hydrogens is 274 g/mol. The molecule has 1 fully saturated rings. The normalized spacial score (nSPS) is 14.0. The van der Waals surface area contributed by atoms with E-state index in [1.165, 1.54) is 0 Å². The van der Waals surface area contributed by atoms with Crippen LogP contribution in [-0.2, 0) is 6.54 Å². The van der Waals surface area contributed by atoms with Crippen molar-refractivity contribution in [1.82, 2.24) is 14.8 Å². The fraction of sp³-hybridized carbons (Fsp3) is 0.222. The van der Waals surface area contributed by atoms with E-state index in [9.17, 15) is 4.79 Å². The summed E-state index contributed by atoms with van der Waals surface area (Å²) in [4.78, 5) is 19.8. The van der Waals surface area contributed by atoms with Crippen LogP contribution in [0, 0.1) is 11.8 Å². The second kappa shape index (κ2) is 6.31. The van der Waals surface area contributed by atoms with E-state index >= 15 is 0 Å². The van der Waals surface area contributed by atoms with Crippen molar-refractivity contribution < 1.29 is 4.79 Å². The lowest BCUT2D eigenvalue weighted by Crippen LogP contribution is -2.29. The molecule has 0 bridgehead atoms. The van der Waals surface area contributed by atoms with E-state index in [0.717, 1.165) is 29.9 Å². The Morgan fingerprint density at radius 1 is 1.05 bits per heavy atom. The van der Waals surface area contributed by atoms with Crippen LogP contribution in [0.1, 0.15) is 16.8 Å². The average molecular weight is 291 g/mol. The quantitative estimate of drug-likeness (QED) is 0.796. The molecule has 1 aliphatic heterocycles. The first kappa shape index (κ1) is 14.2. The van der Waals surface area contributed by atoms with E-state index in [0.29, 0.717) is 6.54 Å². The van der Waals surface area contributed by atoms with Crippen LogP contribution in [-0.4, -0.2) is 41.0 Å². The highest BCUT2D eigenvalue weighted by Crippen LogP contribution is 2.10. The molecule has 2 aromatic rings. The molecular formula is C18H17N3O. The van der Waals surface area contributed by atoms with Crippen molar-refractivity contribution >= 4 is 6.03 Å². The first-order valence-corrected chi connectivity index (χ1v) is 7.24. The van der Waals surface area contributed by atoms with Crippen LogP contribution in [0.4, 0.5) is 4.79 Å². The molecule has 1 saturated heterocycles. The highest BCUT2D eigenvalue weighted by atomic mass is 16.2. The zero-order valence-corrected chi connectivity index (χ0v) is 12.5. The van der Waals surface area contributed by atoms with Gasteiger partial charge in [0.25, 0.3) is 0 Å². The summed E-state index contributed by atoms with van der Waals surface area (Å²) in [5, 5.41) is 0. The van der Waals surface area contributed by atoms with E-state index in [1.54, 1.807) is 16.0 Å². The van der Waals surface area contributed by atoms with Gasteiger partial charge in [0.1, 0.15) is 0 Å². The van der Waals surface area contributed by atoms with Crippen LogP contribution < -0.4 is 0 Å². The van der Waals surface area contributed by atoms with E-state index in [2.05, 4.69) is 16.8 Å². The lowest BCUT2D eigenvalue weighted by Gasteiger charge is -2.15. The maximum absolute atomic E-state index is 11.8. The minimum atomic E-state index is 0.0646. The van der Waals surface area contributed by atoms with Gasteiger partial charge in [-0.2, -0.15) is 0 Å². The Kier molecular flexibility index (Phi) is 4.06. The van der Waals surface area contributed by atoms with Crippen LogP contribution in [0.15, 0.2) is 48.7 Å². The van der Waals surface area contributed by atoms with Gasteiger partial charge < -0.3 is 9.80 Å². The molecule has 22 heavy (non-hydrogen) atoms. The second-order valence-electron chi connectivity index (χ2n) is 5.28. The second-order valence-corrected chi connectivity index (χ2v) is 5.28. The largest absolute Gasteiger partial charge is 0.326 e. The number of amides is 2. The summed E-state index contributed by atoms with van der Waals surface area (Å²) in [6.45, 7) is 2.08. The zero-order valence-electron chi connectivity index (χ0n) is 12.5. The third kappa shape index (κ3) is 3.26. The summed E-state index contributed by atoms with van der Waals surface area (Å²) in [6.07, 6.45) is 1.76. The van der Waals surface area contributed by atoms with Gasteiger partial charge in [0.15, 0.2) is 0 Å². The molecule has 1 aromatic carbocycles. The summed E-state index contributed by atoms with van der Waals surface area (Å²) in [5.41, 5.74) is 2.74. The Morgan fingerprint density at radius 2 is 1.82 bits per heavy atom. The molecule has 0 aliphatic carbocycles. The molecule has 0 saturated carbocycles. The molecule has 2 heterocycles. The van der Waals surface area contributed by atoms with Gasteiger partial charge in [-0.15, -0.1) is 0 Å². The van der Waals surface area contributed by atoms with Crippen molar-refractivity contribution in [2.75, 3.05) is 20.1 Å². The van der Waals surface area contributed by atoms with Crippen molar-refractivity contribution in [1.29, 1.82) is 0 Å². The first-order chi connectivity index (χ1) is 10.7. The Hall–Kier alpha value is -2.80. The van der Waals surface area contributed by atoms with Gasteiger partial charge >= 0.3 is 6.03 Å². The minimum Gasteiger partial charge on any atom is -0.326 e. The Labute approximate surface area is 130 Å². The first-order valence-electron chi connectivity index (χ1n) is 7.24. The lowest BCUT2D eigenvalue weighted by molar-refractivity contribution is 0.196. The topological polar surface area (TPSA) is 36.4 Å². The average Bonchev–Trinajstić information content (AvgIpc) is 2.87. The lowest BCUT2D eigenvalue weighted by atomic mass is 10.2. The predicted octanol–water partition coefficient (Wildman–Crippen LogP) is 2.35. The maximum atomic E-state index is 11.8. The highest BCUT2D eigenvalue weighted by molar-refractivity contribution is 5.76. The van der Waals surface area contributed by atoms with Gasteiger partial charge in [-0.3, -0.25) is 4.98 Å². The number of benzene rings is 1. The third-order valence-electron chi connectivity index (χ3n) is 3.60. The molecule has 0 atom stereocenters. The molecule has 0 N–H and O–H groups in total. The maximum Gasteiger partial charge on any atom is 0.320 e. The molecule has 1 aromatic heterocycles. The summed E-state index contributed by atoms with van der Waals surface area (Å²) < 4.78 is 0. The number of nitrogens with zero attached hydrogens (tertiary/aromatic N) is 3. The highest BCUT2D eigenvalue weighted by Gasteiger charge is 2.25. The van der Waals surface area contributed by atoms with Gasteiger partial charge in [0.05, 0.1) is 12.2 Å². The van der Waals surface area contributed by atoms with Gasteiger partial charge in [0.2, 0.25) is 0 Å². The number of aromatic nitrogens is 1. The number of carbonyl (C=O) groups is 1. The number of rotatable bonds is 2. The molecule has 110 valence electrons. The van der Waals surface area contributed by atoms with E-state index in [-0.39, 0.29) is 6.03 Å². The van der Waals surface area contributed by atoms with E-state index < -0.39 is 0 Å². The number of carbonyl (C=O) groups excluding carboxylic acids is 1. The minimum absolute atomic E-state index is 0.0646. The molecule has 0 spiro atoms. The van der Waals surface area contributed by atoms with Crippen molar-refractivity contribution in [2.24, 2.45) is 0 Å². The van der Waals surface area contributed by atoms with Crippen molar-refractivity contribution in [3.05, 3.63) is 65.5 Å². The molecule has 4 heteroatoms. The van der Waals surface area contributed by atoms with E-state index in [4.69, 9.17) is 0 Å². The van der Waals surface area contributed by atoms with Crippen LogP contribution in [0.2, 0.25) is 0 Å². The summed E-state index contributed by atoms with van der Waals surface area (Å²) in [7, 11) is 1.82. The molecule has 2 amide bonds. The van der Waals surface area contributed by atoms with E-state index in [1.807, 2.05) is 49.5 Å². The summed E-state index contributed by atoms with van der Waals surface area (Å²) in [6, 6.07) is 13.8. The smallest absolute Gasteiger partial charge is 0.320 e. The van der Waals surface area contributed by atoms with Gasteiger partial charge in [-0.25, -0.2) is 4.79 Å². The number of hydrogen-bond acceptors (Lipinski definition) is 2. The Morgan fingerprint density at radius 3 is 2.45 bits per heavy atom. The van der Waals surface area contributed by atoms with Crippen LogP contribution in [0.5, 0.6) is 0 Å². The molecule has 4 nitrogen and oxygen atoms in total. The number of urea groups is 1.